The smallest absolute Gasteiger partial charge is 0.199 e. The number of hydrogen-bond donors (Lipinski definition) is 0. The summed E-state index contributed by atoms with van der Waals surface area (Å²) >= 11 is 5.71. The Morgan fingerprint density at radius 1 is 1.35 bits per heavy atom. The van der Waals surface area contributed by atoms with Crippen molar-refractivity contribution in [2.24, 2.45) is 4.99 Å². The highest BCUT2D eigenvalue weighted by Crippen LogP contribution is 2.11. The van der Waals surface area contributed by atoms with Gasteiger partial charge in [0.15, 0.2) is 21.5 Å². The first-order valence-electron chi connectivity index (χ1n) is 5.83. The number of ketones is 1. The minimum Gasteiger partial charge on any atom is -0.478 e. The van der Waals surface area contributed by atoms with E-state index in [-0.39, 0.29) is 11.7 Å². The second-order valence-corrected chi connectivity index (χ2v) is 6.43. The van der Waals surface area contributed by atoms with Crippen molar-refractivity contribution in [3.8, 4) is 0 Å². The molecule has 0 spiro atoms. The van der Waals surface area contributed by atoms with Crippen LogP contribution in [0.4, 0.5) is 0 Å². The van der Waals surface area contributed by atoms with Crippen LogP contribution < -0.4 is 0 Å². The molecule has 0 saturated heterocycles. The number of carbonyl (C=O) groups is 1. The number of nitrogens with zero attached hydrogens (tertiary/aromatic N) is 1. The second-order valence-electron chi connectivity index (χ2n) is 4.11. The van der Waals surface area contributed by atoms with Gasteiger partial charge in [0.25, 0.3) is 0 Å². The van der Waals surface area contributed by atoms with Crippen molar-refractivity contribution in [2.45, 2.75) is 0 Å². The lowest BCUT2D eigenvalue weighted by molar-refractivity contribution is 0.104. The average Bonchev–Trinajstić information content (AvgIpc) is 2.89. The summed E-state index contributed by atoms with van der Waals surface area (Å²) in [4.78, 5) is 15.7. The van der Waals surface area contributed by atoms with Crippen molar-refractivity contribution in [3.63, 3.8) is 0 Å². The van der Waals surface area contributed by atoms with Crippen LogP contribution in [0.25, 0.3) is 0 Å². The van der Waals surface area contributed by atoms with Gasteiger partial charge in [0, 0.05) is 16.0 Å². The van der Waals surface area contributed by atoms with Crippen molar-refractivity contribution in [1.82, 2.24) is 0 Å². The van der Waals surface area contributed by atoms with E-state index in [0.717, 1.165) is 11.5 Å². The third-order valence-electron chi connectivity index (χ3n) is 2.53. The summed E-state index contributed by atoms with van der Waals surface area (Å²) in [6.45, 7) is 0.872. The fourth-order valence-corrected chi connectivity index (χ4v) is 2.63. The summed E-state index contributed by atoms with van der Waals surface area (Å²) in [5, 5.41) is 1.39. The van der Waals surface area contributed by atoms with Crippen molar-refractivity contribution in [1.29, 1.82) is 0 Å². The van der Waals surface area contributed by atoms with Gasteiger partial charge in [0.2, 0.25) is 0 Å². The number of sulfone groups is 1. The first-order chi connectivity index (χ1) is 9.46. The van der Waals surface area contributed by atoms with E-state index in [9.17, 15) is 13.2 Å². The largest absolute Gasteiger partial charge is 0.478 e. The molecule has 1 aromatic rings. The third kappa shape index (κ3) is 4.18. The van der Waals surface area contributed by atoms with Crippen molar-refractivity contribution >= 4 is 33.1 Å². The maximum atomic E-state index is 11.8. The van der Waals surface area contributed by atoms with Crippen LogP contribution in [0, 0.1) is 0 Å². The number of aliphatic imine (C=N–C) groups is 1. The molecule has 0 atom stereocenters. The molecule has 20 heavy (non-hydrogen) atoms. The number of allylic oxidation sites excluding steroid dienone is 1. The predicted octanol–water partition coefficient (Wildman–Crippen LogP) is 1.88. The van der Waals surface area contributed by atoms with Gasteiger partial charge in [-0.15, -0.1) is 0 Å². The quantitative estimate of drug-likeness (QED) is 0.614. The Hall–Kier alpha value is -1.66. The number of benzene rings is 1. The fraction of sp³-hybridized carbons (Fsp3) is 0.231. The number of hydrogen-bond acceptors (Lipinski definition) is 5. The lowest BCUT2D eigenvalue weighted by atomic mass is 10.1. The Bertz CT molecular complexity index is 662. The Balaban J connectivity index is 2.04. The van der Waals surface area contributed by atoms with Crippen molar-refractivity contribution in [2.75, 3.05) is 18.9 Å². The van der Waals surface area contributed by atoms with Crippen LogP contribution in [0.5, 0.6) is 0 Å². The molecule has 0 aliphatic carbocycles. The molecule has 7 heteroatoms. The molecule has 5 nitrogen and oxygen atoms in total. The minimum absolute atomic E-state index is 0.189. The topological polar surface area (TPSA) is 72.8 Å². The summed E-state index contributed by atoms with van der Waals surface area (Å²) in [5.41, 5.74) is 0.371. The summed E-state index contributed by atoms with van der Waals surface area (Å²) in [7, 11) is -3.56. The van der Waals surface area contributed by atoms with Gasteiger partial charge >= 0.3 is 0 Å². The zero-order valence-electron chi connectivity index (χ0n) is 10.5. The molecule has 0 fully saturated rings. The summed E-state index contributed by atoms with van der Waals surface area (Å²) in [5.74, 6) is -0.537. The Morgan fingerprint density at radius 3 is 2.65 bits per heavy atom. The van der Waals surface area contributed by atoms with Crippen LogP contribution >= 0.6 is 11.6 Å². The summed E-state index contributed by atoms with van der Waals surface area (Å²) in [6, 6.07) is 6.20. The lowest BCUT2D eigenvalue weighted by Crippen LogP contribution is -2.14. The number of rotatable bonds is 5. The number of ether oxygens (including phenoxy) is 1. The number of halogens is 1. The molecule has 106 valence electrons. The highest BCUT2D eigenvalue weighted by Gasteiger charge is 2.16. The average molecular weight is 314 g/mol. The monoisotopic (exact) mass is 313 g/mol. The Morgan fingerprint density at radius 2 is 2.05 bits per heavy atom. The zero-order chi connectivity index (χ0) is 14.6. The van der Waals surface area contributed by atoms with Crippen LogP contribution in [0.3, 0.4) is 0 Å². The molecule has 0 amide bonds. The van der Waals surface area contributed by atoms with Crippen LogP contribution in [-0.4, -0.2) is 39.0 Å². The SMILES string of the molecule is O=C(/C=C/S(=O)(=O)CC1=NCCO1)c1ccc(Cl)cc1. The van der Waals surface area contributed by atoms with Crippen LogP contribution in [0.1, 0.15) is 10.4 Å². The van der Waals surface area contributed by atoms with E-state index in [1.807, 2.05) is 0 Å². The van der Waals surface area contributed by atoms with E-state index >= 15 is 0 Å². The van der Waals surface area contributed by atoms with E-state index < -0.39 is 15.6 Å². The van der Waals surface area contributed by atoms with Crippen molar-refractivity contribution < 1.29 is 17.9 Å². The van der Waals surface area contributed by atoms with Crippen molar-refractivity contribution in [3.05, 3.63) is 46.3 Å². The van der Waals surface area contributed by atoms with Crippen LogP contribution in [-0.2, 0) is 14.6 Å². The molecular formula is C13H12ClNO4S. The van der Waals surface area contributed by atoms with Gasteiger partial charge in [-0.3, -0.25) is 9.79 Å². The molecule has 1 aromatic carbocycles. The molecule has 1 heterocycles. The van der Waals surface area contributed by atoms with Gasteiger partial charge in [-0.25, -0.2) is 8.42 Å². The molecule has 0 N–H and O–H groups in total. The number of carbonyl (C=O) groups excluding carboxylic acids is 1. The highest BCUT2D eigenvalue weighted by molar-refractivity contribution is 7.94. The second kappa shape index (κ2) is 6.19. The Labute approximate surface area is 121 Å². The maximum absolute atomic E-state index is 11.8. The Kier molecular flexibility index (Phi) is 4.57. The summed E-state index contributed by atoms with van der Waals surface area (Å²) < 4.78 is 28.5. The van der Waals surface area contributed by atoms with Gasteiger partial charge in [-0.05, 0) is 30.3 Å². The first kappa shape index (κ1) is 14.7. The lowest BCUT2D eigenvalue weighted by Gasteiger charge is -2.00. The van der Waals surface area contributed by atoms with Gasteiger partial charge in [0.05, 0.1) is 6.54 Å². The van der Waals surface area contributed by atoms with E-state index in [1.165, 1.54) is 12.1 Å². The van der Waals surface area contributed by atoms with Crippen LogP contribution in [0.2, 0.25) is 5.02 Å². The van der Waals surface area contributed by atoms with Gasteiger partial charge in [0.1, 0.15) is 12.4 Å². The molecule has 0 bridgehead atoms. The van der Waals surface area contributed by atoms with Gasteiger partial charge in [-0.2, -0.15) is 0 Å². The molecule has 1 aliphatic rings. The van der Waals surface area contributed by atoms with Gasteiger partial charge < -0.3 is 4.74 Å². The maximum Gasteiger partial charge on any atom is 0.199 e. The van der Waals surface area contributed by atoms with Gasteiger partial charge in [-0.1, -0.05) is 11.6 Å². The molecular weight excluding hydrogens is 302 g/mol. The highest BCUT2D eigenvalue weighted by atomic mass is 35.5. The fourth-order valence-electron chi connectivity index (χ4n) is 1.56. The van der Waals surface area contributed by atoms with E-state index in [2.05, 4.69) is 4.99 Å². The standard InChI is InChI=1S/C13H12ClNO4S/c14-11-3-1-10(2-4-11)12(16)5-8-20(17,18)9-13-15-6-7-19-13/h1-5,8H,6-7,9H2/b8-5+. The zero-order valence-corrected chi connectivity index (χ0v) is 12.0. The normalized spacial score (nSPS) is 15.2. The molecule has 0 saturated carbocycles. The molecule has 0 unspecified atom stereocenters. The molecule has 2 rings (SSSR count). The van der Waals surface area contributed by atoms with E-state index in [0.29, 0.717) is 23.7 Å². The first-order valence-corrected chi connectivity index (χ1v) is 7.92. The summed E-state index contributed by atoms with van der Waals surface area (Å²) in [6.07, 6.45) is 1.02. The van der Waals surface area contributed by atoms with E-state index in [1.54, 1.807) is 12.1 Å². The predicted molar refractivity (Wildman–Crippen MR) is 77.0 cm³/mol. The van der Waals surface area contributed by atoms with Crippen LogP contribution in [0.15, 0.2) is 40.7 Å². The molecule has 1 aliphatic heterocycles. The molecule has 0 radical (unpaired) electrons. The molecule has 0 aromatic heterocycles. The van der Waals surface area contributed by atoms with E-state index in [4.69, 9.17) is 16.3 Å². The third-order valence-corrected chi connectivity index (χ3v) is 3.98. The minimum atomic E-state index is -3.56.